The number of thioether (sulfide) groups is 1. The third-order valence-corrected chi connectivity index (χ3v) is 6.87. The fraction of sp³-hybridized carbons (Fsp3) is 0.391. The minimum absolute atomic E-state index is 0.0227. The topological polar surface area (TPSA) is 91.6 Å². The van der Waals surface area contributed by atoms with E-state index in [1.165, 1.54) is 0 Å². The molecule has 3 heterocycles. The molecule has 1 saturated heterocycles. The molecule has 1 fully saturated rings. The summed E-state index contributed by atoms with van der Waals surface area (Å²) in [5.41, 5.74) is 1.52. The molecular formula is C23H27N5O3S2. The summed E-state index contributed by atoms with van der Waals surface area (Å²) in [4.78, 5) is 34.4. The average molecular weight is 486 g/mol. The first kappa shape index (κ1) is 23.5. The van der Waals surface area contributed by atoms with E-state index in [4.69, 9.17) is 4.52 Å². The first-order valence-electron chi connectivity index (χ1n) is 10.8. The zero-order chi connectivity index (χ0) is 23.0. The van der Waals surface area contributed by atoms with Crippen LogP contribution in [0, 0.1) is 0 Å². The highest BCUT2D eigenvalue weighted by atomic mass is 32.2. The Kier molecular flexibility index (Phi) is 8.14. The Hall–Kier alpha value is -2.69. The van der Waals surface area contributed by atoms with Crippen LogP contribution >= 0.6 is 23.1 Å². The predicted octanol–water partition coefficient (Wildman–Crippen LogP) is 2.99. The predicted molar refractivity (Wildman–Crippen MR) is 130 cm³/mol. The van der Waals surface area contributed by atoms with Gasteiger partial charge in [-0.3, -0.25) is 14.5 Å². The molecule has 2 aromatic heterocycles. The zero-order valence-corrected chi connectivity index (χ0v) is 20.1. The molecule has 0 radical (unpaired) electrons. The molecule has 3 aromatic rings. The molecule has 1 aliphatic heterocycles. The van der Waals surface area contributed by atoms with Crippen LogP contribution in [0.5, 0.6) is 0 Å². The van der Waals surface area contributed by atoms with Gasteiger partial charge in [-0.2, -0.15) is 28.1 Å². The maximum absolute atomic E-state index is 13.2. The molecule has 4 rings (SSSR count). The van der Waals surface area contributed by atoms with Crippen LogP contribution in [0.15, 0.2) is 51.7 Å². The van der Waals surface area contributed by atoms with Gasteiger partial charge in [-0.1, -0.05) is 23.4 Å². The van der Waals surface area contributed by atoms with Crippen molar-refractivity contribution in [2.45, 2.75) is 19.0 Å². The standard InChI is InChI=1S/C23H27N5O3S2/c1-32-13-8-19(24-22(29)17-5-3-2-4-6-17)23(30)28-11-9-27(10-12-28)15-20-25-21(26-31-20)18-7-14-33-16-18/h2-7,14,16,19H,8-13,15H2,1H3,(H,24,29). The maximum Gasteiger partial charge on any atom is 0.251 e. The Labute approximate surface area is 201 Å². The maximum atomic E-state index is 13.2. The van der Waals surface area contributed by atoms with Crippen molar-refractivity contribution in [2.75, 3.05) is 38.2 Å². The molecule has 1 N–H and O–H groups in total. The first-order chi connectivity index (χ1) is 16.1. The van der Waals surface area contributed by atoms with E-state index in [-0.39, 0.29) is 11.8 Å². The van der Waals surface area contributed by atoms with Crippen molar-refractivity contribution in [3.05, 3.63) is 58.6 Å². The van der Waals surface area contributed by atoms with Crippen LogP contribution in [0.4, 0.5) is 0 Å². The molecule has 33 heavy (non-hydrogen) atoms. The van der Waals surface area contributed by atoms with Crippen LogP contribution in [-0.2, 0) is 11.3 Å². The quantitative estimate of drug-likeness (QED) is 0.498. The van der Waals surface area contributed by atoms with Gasteiger partial charge in [-0.05, 0) is 42.0 Å². The minimum atomic E-state index is -0.527. The molecule has 174 valence electrons. The SMILES string of the molecule is CSCCC(NC(=O)c1ccccc1)C(=O)N1CCN(Cc2nc(-c3ccsc3)no2)CC1. The van der Waals surface area contributed by atoms with Gasteiger partial charge in [0.2, 0.25) is 17.6 Å². The number of amides is 2. The second-order valence-electron chi connectivity index (χ2n) is 7.80. The number of hydrogen-bond donors (Lipinski definition) is 1. The molecule has 1 unspecified atom stereocenters. The first-order valence-corrected chi connectivity index (χ1v) is 13.2. The van der Waals surface area contributed by atoms with Crippen LogP contribution < -0.4 is 5.32 Å². The smallest absolute Gasteiger partial charge is 0.251 e. The van der Waals surface area contributed by atoms with Gasteiger partial charge in [0.15, 0.2) is 0 Å². The Morgan fingerprint density at radius 2 is 1.97 bits per heavy atom. The van der Waals surface area contributed by atoms with Gasteiger partial charge in [0.05, 0.1) is 6.54 Å². The van der Waals surface area contributed by atoms with Crippen LogP contribution in [0.1, 0.15) is 22.7 Å². The van der Waals surface area contributed by atoms with Crippen LogP contribution in [0.2, 0.25) is 0 Å². The summed E-state index contributed by atoms with van der Waals surface area (Å²) in [6, 6.07) is 10.5. The van der Waals surface area contributed by atoms with Crippen molar-refractivity contribution < 1.29 is 14.1 Å². The summed E-state index contributed by atoms with van der Waals surface area (Å²) in [7, 11) is 0. The van der Waals surface area contributed by atoms with Gasteiger partial charge in [0.25, 0.3) is 5.91 Å². The van der Waals surface area contributed by atoms with Gasteiger partial charge in [0, 0.05) is 42.7 Å². The number of aromatic nitrogens is 2. The Balaban J connectivity index is 1.31. The molecular weight excluding hydrogens is 458 g/mol. The van der Waals surface area contributed by atoms with Crippen molar-refractivity contribution in [3.8, 4) is 11.4 Å². The molecule has 2 amide bonds. The number of carbonyl (C=O) groups is 2. The van der Waals surface area contributed by atoms with E-state index in [1.807, 2.05) is 46.2 Å². The molecule has 10 heteroatoms. The van der Waals surface area contributed by atoms with Gasteiger partial charge >= 0.3 is 0 Å². The van der Waals surface area contributed by atoms with Crippen LogP contribution in [0.3, 0.4) is 0 Å². The number of nitrogens with one attached hydrogen (secondary N) is 1. The van der Waals surface area contributed by atoms with Crippen molar-refractivity contribution >= 4 is 34.9 Å². The summed E-state index contributed by atoms with van der Waals surface area (Å²) in [5.74, 6) is 1.74. The van der Waals surface area contributed by atoms with E-state index >= 15 is 0 Å². The summed E-state index contributed by atoms with van der Waals surface area (Å²) >= 11 is 3.26. The molecule has 0 aliphatic carbocycles. The largest absolute Gasteiger partial charge is 0.340 e. The van der Waals surface area contributed by atoms with Crippen molar-refractivity contribution in [1.82, 2.24) is 25.3 Å². The number of benzene rings is 1. The highest BCUT2D eigenvalue weighted by molar-refractivity contribution is 7.98. The lowest BCUT2D eigenvalue weighted by molar-refractivity contribution is -0.135. The van der Waals surface area contributed by atoms with E-state index in [2.05, 4.69) is 20.4 Å². The third kappa shape index (κ3) is 6.21. The van der Waals surface area contributed by atoms with E-state index in [0.29, 0.717) is 56.4 Å². The lowest BCUT2D eigenvalue weighted by Gasteiger charge is -2.36. The van der Waals surface area contributed by atoms with E-state index in [0.717, 1.165) is 11.3 Å². The highest BCUT2D eigenvalue weighted by Gasteiger charge is 2.29. The summed E-state index contributed by atoms with van der Waals surface area (Å²) < 4.78 is 5.41. The molecule has 8 nitrogen and oxygen atoms in total. The fourth-order valence-corrected chi connectivity index (χ4v) is 4.80. The van der Waals surface area contributed by atoms with Crippen LogP contribution in [0.25, 0.3) is 11.4 Å². The van der Waals surface area contributed by atoms with Gasteiger partial charge in [-0.25, -0.2) is 0 Å². The second kappa shape index (κ2) is 11.4. The summed E-state index contributed by atoms with van der Waals surface area (Å²) in [5, 5.41) is 11.0. The number of piperazine rings is 1. The van der Waals surface area contributed by atoms with Crippen molar-refractivity contribution in [1.29, 1.82) is 0 Å². The second-order valence-corrected chi connectivity index (χ2v) is 9.56. The Morgan fingerprint density at radius 1 is 1.18 bits per heavy atom. The van der Waals surface area contributed by atoms with E-state index in [9.17, 15) is 9.59 Å². The van der Waals surface area contributed by atoms with Gasteiger partial charge in [-0.15, -0.1) is 0 Å². The number of nitrogens with zero attached hydrogens (tertiary/aromatic N) is 4. The number of thiophene rings is 1. The van der Waals surface area contributed by atoms with Crippen molar-refractivity contribution in [3.63, 3.8) is 0 Å². The summed E-state index contributed by atoms with van der Waals surface area (Å²) in [6.45, 7) is 3.18. The van der Waals surface area contributed by atoms with E-state index in [1.54, 1.807) is 35.2 Å². The normalized spacial score (nSPS) is 15.4. The molecule has 0 bridgehead atoms. The van der Waals surface area contributed by atoms with Gasteiger partial charge in [0.1, 0.15) is 6.04 Å². The molecule has 1 atom stereocenters. The third-order valence-electron chi connectivity index (χ3n) is 5.54. The number of carbonyl (C=O) groups excluding carboxylic acids is 2. The van der Waals surface area contributed by atoms with Gasteiger partial charge < -0.3 is 14.7 Å². The lowest BCUT2D eigenvalue weighted by atomic mass is 10.1. The number of hydrogen-bond acceptors (Lipinski definition) is 8. The molecule has 1 aromatic carbocycles. The molecule has 0 saturated carbocycles. The monoisotopic (exact) mass is 485 g/mol. The minimum Gasteiger partial charge on any atom is -0.340 e. The highest BCUT2D eigenvalue weighted by Crippen LogP contribution is 2.19. The lowest BCUT2D eigenvalue weighted by Crippen LogP contribution is -2.55. The van der Waals surface area contributed by atoms with Crippen molar-refractivity contribution in [2.24, 2.45) is 0 Å². The fourth-order valence-electron chi connectivity index (χ4n) is 3.69. The molecule has 1 aliphatic rings. The summed E-state index contributed by atoms with van der Waals surface area (Å²) in [6.07, 6.45) is 2.60. The zero-order valence-electron chi connectivity index (χ0n) is 18.5. The Morgan fingerprint density at radius 3 is 2.67 bits per heavy atom. The average Bonchev–Trinajstić information content (AvgIpc) is 3.54. The van der Waals surface area contributed by atoms with Crippen LogP contribution in [-0.4, -0.2) is 76.0 Å². The molecule has 0 spiro atoms. The van der Waals surface area contributed by atoms with E-state index < -0.39 is 6.04 Å². The number of rotatable bonds is 9. The Bertz CT molecular complexity index is 1030.